The van der Waals surface area contributed by atoms with E-state index in [1.165, 1.54) is 0 Å². The maximum absolute atomic E-state index is 12.4. The van der Waals surface area contributed by atoms with Gasteiger partial charge in [0.2, 0.25) is 11.8 Å². The Kier molecular flexibility index (Phi) is 7.46. The number of carbonyl (C=O) groups is 3. The van der Waals surface area contributed by atoms with Gasteiger partial charge in [-0.3, -0.25) is 14.4 Å². The van der Waals surface area contributed by atoms with Crippen LogP contribution in [0.3, 0.4) is 0 Å². The number of hydrogen-bond donors (Lipinski definition) is 2. The minimum absolute atomic E-state index is 0.00212. The molecule has 0 saturated heterocycles. The van der Waals surface area contributed by atoms with Crippen LogP contribution in [0.5, 0.6) is 11.5 Å². The molecule has 30 heavy (non-hydrogen) atoms. The third-order valence-electron chi connectivity index (χ3n) is 4.56. The van der Waals surface area contributed by atoms with E-state index in [4.69, 9.17) is 9.47 Å². The van der Waals surface area contributed by atoms with Crippen LogP contribution in [-0.2, 0) is 9.59 Å². The Labute approximate surface area is 183 Å². The number of fused-ring (bicyclic) bond motifs is 1. The zero-order chi connectivity index (χ0) is 21.5. The van der Waals surface area contributed by atoms with Crippen molar-refractivity contribution in [3.63, 3.8) is 0 Å². The number of nitrogens with one attached hydrogen (secondary N) is 2. The highest BCUT2D eigenvalue weighted by molar-refractivity contribution is 9.10. The molecule has 0 bridgehead atoms. The summed E-state index contributed by atoms with van der Waals surface area (Å²) >= 11 is 3.37. The van der Waals surface area contributed by atoms with Gasteiger partial charge in [-0.05, 0) is 48.9 Å². The number of anilines is 1. The summed E-state index contributed by atoms with van der Waals surface area (Å²) in [6.45, 7) is 2.83. The molecule has 2 aromatic rings. The van der Waals surface area contributed by atoms with Gasteiger partial charge in [-0.2, -0.15) is 0 Å². The summed E-state index contributed by atoms with van der Waals surface area (Å²) in [6.07, 6.45) is 0.823. The van der Waals surface area contributed by atoms with Crippen molar-refractivity contribution in [2.75, 3.05) is 25.1 Å². The predicted molar refractivity (Wildman–Crippen MR) is 116 cm³/mol. The first-order chi connectivity index (χ1) is 14.4. The standard InChI is InChI=1S/C22H23BrN2O5/c1-14-11-16(23)4-5-17(14)25-22(28)13-24-21(27)8-6-18(26)15-3-7-19-20(12-15)30-10-2-9-29-19/h3-5,7,11-12H,2,6,8-10,13H2,1H3,(H,24,27)(H,25,28). The molecule has 0 aliphatic carbocycles. The highest BCUT2D eigenvalue weighted by Gasteiger charge is 2.15. The van der Waals surface area contributed by atoms with Crippen LogP contribution in [0.15, 0.2) is 40.9 Å². The molecular weight excluding hydrogens is 452 g/mol. The Balaban J connectivity index is 1.44. The lowest BCUT2D eigenvalue weighted by Crippen LogP contribution is -2.33. The summed E-state index contributed by atoms with van der Waals surface area (Å²) in [5.74, 6) is 0.302. The van der Waals surface area contributed by atoms with Crippen molar-refractivity contribution in [1.29, 1.82) is 0 Å². The minimum Gasteiger partial charge on any atom is -0.490 e. The summed E-state index contributed by atoms with van der Waals surface area (Å²) in [6, 6.07) is 10.5. The Morgan fingerprint density at radius 2 is 1.73 bits per heavy atom. The Morgan fingerprint density at radius 3 is 2.50 bits per heavy atom. The molecule has 0 aromatic heterocycles. The van der Waals surface area contributed by atoms with E-state index in [9.17, 15) is 14.4 Å². The Bertz CT molecular complexity index is 961. The fourth-order valence-electron chi connectivity index (χ4n) is 2.94. The smallest absolute Gasteiger partial charge is 0.243 e. The van der Waals surface area contributed by atoms with Crippen molar-refractivity contribution in [2.24, 2.45) is 0 Å². The first kappa shape index (κ1) is 21.8. The van der Waals surface area contributed by atoms with Gasteiger partial charge in [0.05, 0.1) is 19.8 Å². The second-order valence-corrected chi connectivity index (χ2v) is 7.83. The van der Waals surface area contributed by atoms with Crippen molar-refractivity contribution < 1.29 is 23.9 Å². The van der Waals surface area contributed by atoms with Crippen LogP contribution in [-0.4, -0.2) is 37.4 Å². The van der Waals surface area contributed by atoms with E-state index < -0.39 is 0 Å². The van der Waals surface area contributed by atoms with Crippen molar-refractivity contribution in [2.45, 2.75) is 26.2 Å². The highest BCUT2D eigenvalue weighted by Crippen LogP contribution is 2.30. The van der Waals surface area contributed by atoms with Gasteiger partial charge in [-0.1, -0.05) is 15.9 Å². The third-order valence-corrected chi connectivity index (χ3v) is 5.05. The zero-order valence-corrected chi connectivity index (χ0v) is 18.2. The number of hydrogen-bond acceptors (Lipinski definition) is 5. The average molecular weight is 475 g/mol. The second kappa shape index (κ2) is 10.2. The first-order valence-corrected chi connectivity index (χ1v) is 10.5. The maximum Gasteiger partial charge on any atom is 0.243 e. The molecule has 0 unspecified atom stereocenters. The molecule has 158 valence electrons. The lowest BCUT2D eigenvalue weighted by molar-refractivity contribution is -0.124. The van der Waals surface area contributed by atoms with Crippen molar-refractivity contribution in [1.82, 2.24) is 5.32 Å². The molecule has 1 aliphatic rings. The number of rotatable bonds is 7. The average Bonchev–Trinajstić information content (AvgIpc) is 2.97. The van der Waals surface area contributed by atoms with E-state index in [2.05, 4.69) is 26.6 Å². The fraction of sp³-hybridized carbons (Fsp3) is 0.318. The van der Waals surface area contributed by atoms with E-state index in [0.29, 0.717) is 36.0 Å². The van der Waals surface area contributed by atoms with Gasteiger partial charge < -0.3 is 20.1 Å². The molecule has 7 nitrogen and oxygen atoms in total. The maximum atomic E-state index is 12.4. The Morgan fingerprint density at radius 1 is 0.967 bits per heavy atom. The van der Waals surface area contributed by atoms with Crippen LogP contribution in [0.1, 0.15) is 35.2 Å². The van der Waals surface area contributed by atoms with Gasteiger partial charge in [0.25, 0.3) is 0 Å². The predicted octanol–water partition coefficient (Wildman–Crippen LogP) is 3.64. The molecule has 0 fully saturated rings. The molecule has 2 amide bonds. The third kappa shape index (κ3) is 6.06. The van der Waals surface area contributed by atoms with E-state index in [1.54, 1.807) is 24.3 Å². The molecule has 0 atom stereocenters. The number of ether oxygens (including phenoxy) is 2. The summed E-state index contributed by atoms with van der Waals surface area (Å²) in [7, 11) is 0. The molecule has 0 saturated carbocycles. The normalized spacial score (nSPS) is 12.6. The quantitative estimate of drug-likeness (QED) is 0.597. The molecule has 0 spiro atoms. The molecule has 0 radical (unpaired) electrons. The van der Waals surface area contributed by atoms with Gasteiger partial charge in [0.1, 0.15) is 0 Å². The zero-order valence-electron chi connectivity index (χ0n) is 16.6. The minimum atomic E-state index is -0.361. The van der Waals surface area contributed by atoms with Crippen LogP contribution in [0.25, 0.3) is 0 Å². The number of Topliss-reactive ketones (excluding diaryl/α,β-unsaturated/α-hetero) is 1. The SMILES string of the molecule is Cc1cc(Br)ccc1NC(=O)CNC(=O)CCC(=O)c1ccc2c(c1)OCCCO2. The number of benzene rings is 2. The van der Waals surface area contributed by atoms with Crippen LogP contribution in [0.4, 0.5) is 5.69 Å². The number of amides is 2. The number of aryl methyl sites for hydroxylation is 1. The molecule has 2 aromatic carbocycles. The molecule has 2 N–H and O–H groups in total. The lowest BCUT2D eigenvalue weighted by atomic mass is 10.1. The van der Waals surface area contributed by atoms with Crippen molar-refractivity contribution in [3.8, 4) is 11.5 Å². The van der Waals surface area contributed by atoms with E-state index in [-0.39, 0.29) is 37.0 Å². The number of halogens is 1. The Hall–Kier alpha value is -2.87. The van der Waals surface area contributed by atoms with Crippen LogP contribution in [0.2, 0.25) is 0 Å². The lowest BCUT2D eigenvalue weighted by Gasteiger charge is -2.10. The van der Waals surface area contributed by atoms with E-state index in [0.717, 1.165) is 16.5 Å². The fourth-order valence-corrected chi connectivity index (χ4v) is 3.41. The second-order valence-electron chi connectivity index (χ2n) is 6.92. The number of ketones is 1. The summed E-state index contributed by atoms with van der Waals surface area (Å²) < 4.78 is 12.1. The largest absolute Gasteiger partial charge is 0.490 e. The molecule has 3 rings (SSSR count). The summed E-state index contributed by atoms with van der Waals surface area (Å²) in [5.41, 5.74) is 2.06. The molecular formula is C22H23BrN2O5. The van der Waals surface area contributed by atoms with Gasteiger partial charge in [0.15, 0.2) is 17.3 Å². The van der Waals surface area contributed by atoms with E-state index >= 15 is 0 Å². The van der Waals surface area contributed by atoms with Gasteiger partial charge in [-0.25, -0.2) is 0 Å². The molecule has 1 heterocycles. The van der Waals surface area contributed by atoms with Crippen LogP contribution in [0, 0.1) is 6.92 Å². The summed E-state index contributed by atoms with van der Waals surface area (Å²) in [5, 5.41) is 5.29. The number of carbonyl (C=O) groups excluding carboxylic acids is 3. The van der Waals surface area contributed by atoms with E-state index in [1.807, 2.05) is 19.1 Å². The molecule has 1 aliphatic heterocycles. The van der Waals surface area contributed by atoms with Crippen LogP contribution >= 0.6 is 15.9 Å². The first-order valence-electron chi connectivity index (χ1n) is 9.68. The highest BCUT2D eigenvalue weighted by atomic mass is 79.9. The van der Waals surface area contributed by atoms with Gasteiger partial charge in [0, 0.05) is 35.0 Å². The monoisotopic (exact) mass is 474 g/mol. The van der Waals surface area contributed by atoms with Gasteiger partial charge in [-0.15, -0.1) is 0 Å². The van der Waals surface area contributed by atoms with Crippen LogP contribution < -0.4 is 20.1 Å². The topological polar surface area (TPSA) is 93.7 Å². The molecule has 8 heteroatoms. The van der Waals surface area contributed by atoms with Crippen molar-refractivity contribution >= 4 is 39.2 Å². The van der Waals surface area contributed by atoms with Gasteiger partial charge >= 0.3 is 0 Å². The van der Waals surface area contributed by atoms with Crippen molar-refractivity contribution in [3.05, 3.63) is 52.0 Å². The summed E-state index contributed by atoms with van der Waals surface area (Å²) in [4.78, 5) is 36.5.